The van der Waals surface area contributed by atoms with E-state index in [2.05, 4.69) is 33.9 Å². The fourth-order valence-electron chi connectivity index (χ4n) is 3.34. The topological polar surface area (TPSA) is 49.4 Å². The second-order valence-electron chi connectivity index (χ2n) is 7.48. The molecule has 1 unspecified atom stereocenters. The van der Waals surface area contributed by atoms with Gasteiger partial charge in [0.1, 0.15) is 0 Å². The zero-order valence-electron chi connectivity index (χ0n) is 17.0. The molecule has 4 nitrogen and oxygen atoms in total. The summed E-state index contributed by atoms with van der Waals surface area (Å²) in [7, 11) is -3.54. The number of hydrogen-bond donors (Lipinski definition) is 1. The van der Waals surface area contributed by atoms with Crippen LogP contribution < -0.4 is 4.72 Å². The highest BCUT2D eigenvalue weighted by Gasteiger charge is 2.19. The Morgan fingerprint density at radius 2 is 1.28 bits per heavy atom. The molecule has 3 aromatic rings. The normalized spacial score (nSPS) is 12.8. The van der Waals surface area contributed by atoms with E-state index in [4.69, 9.17) is 0 Å². The molecule has 0 aromatic heterocycles. The van der Waals surface area contributed by atoms with Crippen LogP contribution in [0.25, 0.3) is 0 Å². The van der Waals surface area contributed by atoms with Gasteiger partial charge in [-0.2, -0.15) is 0 Å². The van der Waals surface area contributed by atoms with Crippen LogP contribution >= 0.6 is 0 Å². The number of benzene rings is 3. The summed E-state index contributed by atoms with van der Waals surface area (Å²) in [6, 6.07) is 27.2. The van der Waals surface area contributed by atoms with Crippen molar-refractivity contribution >= 4 is 10.0 Å². The maximum atomic E-state index is 12.7. The summed E-state index contributed by atoms with van der Waals surface area (Å²) in [5.41, 5.74) is 3.45. The molecule has 1 atom stereocenters. The summed E-state index contributed by atoms with van der Waals surface area (Å²) < 4.78 is 28.3. The van der Waals surface area contributed by atoms with Crippen LogP contribution in [-0.2, 0) is 23.1 Å². The van der Waals surface area contributed by atoms with E-state index in [9.17, 15) is 8.42 Å². The van der Waals surface area contributed by atoms with Crippen molar-refractivity contribution in [3.63, 3.8) is 0 Å². The van der Waals surface area contributed by atoms with Gasteiger partial charge < -0.3 is 0 Å². The lowest BCUT2D eigenvalue weighted by atomic mass is 10.1. The van der Waals surface area contributed by atoms with E-state index in [1.165, 1.54) is 11.1 Å². The Morgan fingerprint density at radius 1 is 0.793 bits per heavy atom. The van der Waals surface area contributed by atoms with Crippen LogP contribution in [-0.4, -0.2) is 25.9 Å². The second-order valence-corrected chi connectivity index (χ2v) is 9.19. The van der Waals surface area contributed by atoms with Gasteiger partial charge in [-0.15, -0.1) is 0 Å². The largest absolute Gasteiger partial charge is 0.293 e. The molecule has 152 valence electrons. The molecule has 0 spiro atoms. The third kappa shape index (κ3) is 6.53. The minimum absolute atomic E-state index is 0.228. The van der Waals surface area contributed by atoms with E-state index < -0.39 is 10.0 Å². The molecule has 5 heteroatoms. The zero-order chi connectivity index (χ0) is 20.7. The summed E-state index contributed by atoms with van der Waals surface area (Å²) in [4.78, 5) is 2.57. The van der Waals surface area contributed by atoms with Crippen molar-refractivity contribution < 1.29 is 8.42 Å². The first-order valence-electron chi connectivity index (χ1n) is 9.81. The number of sulfonamides is 1. The Bertz CT molecular complexity index is 947. The van der Waals surface area contributed by atoms with Crippen LogP contribution in [0.15, 0.2) is 89.8 Å². The Hall–Kier alpha value is -2.47. The van der Waals surface area contributed by atoms with Crippen LogP contribution in [0.4, 0.5) is 0 Å². The van der Waals surface area contributed by atoms with Crippen LogP contribution in [0.2, 0.25) is 0 Å². The van der Waals surface area contributed by atoms with Gasteiger partial charge in [0.2, 0.25) is 10.0 Å². The number of nitrogens with one attached hydrogen (secondary N) is 1. The van der Waals surface area contributed by atoms with Crippen LogP contribution in [0.5, 0.6) is 0 Å². The number of rotatable bonds is 9. The van der Waals surface area contributed by atoms with Crippen LogP contribution in [0.1, 0.15) is 23.6 Å². The molecule has 0 saturated carbocycles. The molecule has 0 heterocycles. The maximum absolute atomic E-state index is 12.7. The lowest BCUT2D eigenvalue weighted by molar-refractivity contribution is 0.239. The molecule has 0 saturated heterocycles. The molecule has 1 N–H and O–H groups in total. The Kier molecular flexibility index (Phi) is 7.20. The average Bonchev–Trinajstić information content (AvgIpc) is 2.69. The van der Waals surface area contributed by atoms with E-state index in [1.54, 1.807) is 12.1 Å². The summed E-state index contributed by atoms with van der Waals surface area (Å²) in [5.74, 6) is 0. The molecule has 0 fully saturated rings. The number of aryl methyl sites for hydroxylation is 1. The van der Waals surface area contributed by atoms with E-state index in [1.807, 2.05) is 62.4 Å². The molecular weight excluding hydrogens is 380 g/mol. The fourth-order valence-corrected chi connectivity index (χ4v) is 4.58. The van der Waals surface area contributed by atoms with Crippen molar-refractivity contribution in [2.45, 2.75) is 37.9 Å². The lowest BCUT2D eigenvalue weighted by Gasteiger charge is -2.26. The average molecular weight is 409 g/mol. The quantitative estimate of drug-likeness (QED) is 0.572. The molecule has 0 aliphatic rings. The number of hydrogen-bond acceptors (Lipinski definition) is 3. The first-order valence-corrected chi connectivity index (χ1v) is 11.3. The van der Waals surface area contributed by atoms with Gasteiger partial charge in [0.15, 0.2) is 0 Å². The molecule has 0 amide bonds. The monoisotopic (exact) mass is 408 g/mol. The summed E-state index contributed by atoms with van der Waals surface area (Å²) in [5, 5.41) is 0. The lowest BCUT2D eigenvalue weighted by Crippen LogP contribution is -2.41. The first-order chi connectivity index (χ1) is 13.9. The highest BCUT2D eigenvalue weighted by atomic mass is 32.2. The summed E-state index contributed by atoms with van der Waals surface area (Å²) in [6.07, 6.45) is 0. The third-order valence-electron chi connectivity index (χ3n) is 4.72. The highest BCUT2D eigenvalue weighted by molar-refractivity contribution is 7.89. The van der Waals surface area contributed by atoms with Crippen molar-refractivity contribution in [3.05, 3.63) is 102 Å². The Labute approximate surface area is 174 Å². The molecule has 3 rings (SSSR count). The Balaban J connectivity index is 1.71. The SMILES string of the molecule is Cc1ccc(S(=O)(=O)NC(C)CN(Cc2ccccc2)Cc2ccccc2)cc1. The molecule has 0 bridgehead atoms. The standard InChI is InChI=1S/C24H28N2O2S/c1-20-13-15-24(16-14-20)29(27,28)25-21(2)17-26(18-22-9-5-3-6-10-22)19-23-11-7-4-8-12-23/h3-16,21,25H,17-19H2,1-2H3. The predicted octanol–water partition coefficient (Wildman–Crippen LogP) is 4.36. The summed E-state index contributed by atoms with van der Waals surface area (Å²) in [6.45, 7) is 5.97. The minimum Gasteiger partial charge on any atom is -0.293 e. The van der Waals surface area contributed by atoms with E-state index in [-0.39, 0.29) is 6.04 Å². The predicted molar refractivity (Wildman–Crippen MR) is 118 cm³/mol. The highest BCUT2D eigenvalue weighted by Crippen LogP contribution is 2.13. The second kappa shape index (κ2) is 9.83. The zero-order valence-corrected chi connectivity index (χ0v) is 17.8. The van der Waals surface area contributed by atoms with Crippen molar-refractivity contribution in [3.8, 4) is 0 Å². The van der Waals surface area contributed by atoms with Gasteiger partial charge in [-0.1, -0.05) is 78.4 Å². The summed E-state index contributed by atoms with van der Waals surface area (Å²) >= 11 is 0. The van der Waals surface area contributed by atoms with Crippen molar-refractivity contribution in [2.24, 2.45) is 0 Å². The van der Waals surface area contributed by atoms with Gasteiger partial charge in [-0.05, 0) is 37.1 Å². The van der Waals surface area contributed by atoms with Gasteiger partial charge in [-0.25, -0.2) is 13.1 Å². The molecule has 0 radical (unpaired) electrons. The molecule has 29 heavy (non-hydrogen) atoms. The van der Waals surface area contributed by atoms with Crippen molar-refractivity contribution in [1.82, 2.24) is 9.62 Å². The van der Waals surface area contributed by atoms with Crippen molar-refractivity contribution in [2.75, 3.05) is 6.54 Å². The molecule has 3 aromatic carbocycles. The van der Waals surface area contributed by atoms with Gasteiger partial charge in [-0.3, -0.25) is 4.90 Å². The first kappa shape index (κ1) is 21.2. The molecular formula is C24H28N2O2S. The smallest absolute Gasteiger partial charge is 0.240 e. The van der Waals surface area contributed by atoms with Gasteiger partial charge in [0.05, 0.1) is 4.90 Å². The third-order valence-corrected chi connectivity index (χ3v) is 6.32. The van der Waals surface area contributed by atoms with Gasteiger partial charge in [0, 0.05) is 25.7 Å². The maximum Gasteiger partial charge on any atom is 0.240 e. The molecule has 0 aliphatic heterocycles. The fraction of sp³-hybridized carbons (Fsp3) is 0.250. The van der Waals surface area contributed by atoms with E-state index in [0.717, 1.165) is 18.7 Å². The van der Waals surface area contributed by atoms with Crippen molar-refractivity contribution in [1.29, 1.82) is 0 Å². The van der Waals surface area contributed by atoms with Gasteiger partial charge in [0.25, 0.3) is 0 Å². The Morgan fingerprint density at radius 3 is 1.76 bits per heavy atom. The van der Waals surface area contributed by atoms with E-state index in [0.29, 0.717) is 11.4 Å². The molecule has 0 aliphatic carbocycles. The minimum atomic E-state index is -3.54. The van der Waals surface area contributed by atoms with Gasteiger partial charge >= 0.3 is 0 Å². The van der Waals surface area contributed by atoms with Crippen LogP contribution in [0.3, 0.4) is 0 Å². The van der Waals surface area contributed by atoms with Crippen LogP contribution in [0, 0.1) is 6.92 Å². The van der Waals surface area contributed by atoms with E-state index >= 15 is 0 Å². The number of nitrogens with zero attached hydrogens (tertiary/aromatic N) is 1.